The van der Waals surface area contributed by atoms with Crippen LogP contribution in [0.25, 0.3) is 0 Å². The molecule has 8 aliphatic rings. The average Bonchev–Trinajstić information content (AvgIpc) is 3.56. The Balaban J connectivity index is 1.07. The molecule has 0 aromatic rings. The monoisotopic (exact) mass is 802 g/mol. The number of carbonyl (C=O) groups excluding carboxylic acids is 1. The zero-order valence-corrected chi connectivity index (χ0v) is 32.8. The van der Waals surface area contributed by atoms with E-state index in [2.05, 4.69) is 31.9 Å². The fourth-order valence-corrected chi connectivity index (χ4v) is 12.8. The van der Waals surface area contributed by atoms with Gasteiger partial charge >= 0.3 is 10.4 Å². The summed E-state index contributed by atoms with van der Waals surface area (Å²) < 4.78 is 75.1. The minimum absolute atomic E-state index is 0.0315. The summed E-state index contributed by atoms with van der Waals surface area (Å²) in [7, 11) is -5.06. The highest BCUT2D eigenvalue weighted by Crippen LogP contribution is 2.70. The fourth-order valence-electron chi connectivity index (χ4n) is 12.3. The fraction of sp³-hybridized carbons (Fsp3) is 0.921. The van der Waals surface area contributed by atoms with E-state index in [0.29, 0.717) is 18.9 Å². The van der Waals surface area contributed by atoms with E-state index in [1.165, 1.54) is 6.92 Å². The summed E-state index contributed by atoms with van der Waals surface area (Å²) in [5.74, 6) is -0.146. The Labute approximate surface area is 321 Å². The molecule has 0 aromatic heterocycles. The van der Waals surface area contributed by atoms with Gasteiger partial charge in [-0.3, -0.25) is 9.35 Å². The highest BCUT2D eigenvalue weighted by Gasteiger charge is 2.70. The summed E-state index contributed by atoms with van der Waals surface area (Å²) in [6.45, 7) is 10.4. The zero-order chi connectivity index (χ0) is 39.6. The Bertz CT molecular complexity index is 1620. The Kier molecular flexibility index (Phi) is 10.5. The molecule has 4 heterocycles. The van der Waals surface area contributed by atoms with Crippen molar-refractivity contribution in [1.29, 1.82) is 0 Å². The Morgan fingerprint density at radius 3 is 2.31 bits per heavy atom. The van der Waals surface area contributed by atoms with Crippen LogP contribution >= 0.6 is 0 Å². The first-order valence-corrected chi connectivity index (χ1v) is 21.3. The molecule has 312 valence electrons. The van der Waals surface area contributed by atoms with Crippen molar-refractivity contribution in [2.75, 3.05) is 13.2 Å². The third kappa shape index (κ3) is 6.60. The molecule has 1 spiro atoms. The highest BCUT2D eigenvalue weighted by molar-refractivity contribution is 7.80. The number of ketones is 1. The molecule has 7 fully saturated rings. The van der Waals surface area contributed by atoms with Crippen molar-refractivity contribution < 1.29 is 75.9 Å². The zero-order valence-electron chi connectivity index (χ0n) is 32.0. The second kappa shape index (κ2) is 14.2. The minimum Gasteiger partial charge on any atom is -0.393 e. The number of hydrogen-bond acceptors (Lipinski definition) is 15. The SMILES string of the molecule is CC1CCC2(OC1)OC1CC3C4C(=O)C=C5CC(O)CC(OC6OCC(OS(=O)(=O)O)C(O)C6OC6OC(C)C(O)C(O)C6O)C5(C)C4CCC3(C)C1C2C. The number of hydrogen-bond donors (Lipinski definition) is 6. The smallest absolute Gasteiger partial charge is 0.393 e. The molecule has 4 aliphatic heterocycles. The van der Waals surface area contributed by atoms with Crippen LogP contribution in [-0.2, 0) is 47.8 Å². The second-order valence-electron chi connectivity index (χ2n) is 18.4. The summed E-state index contributed by atoms with van der Waals surface area (Å²) in [5, 5.41) is 54.1. The van der Waals surface area contributed by atoms with Crippen molar-refractivity contribution in [3.63, 3.8) is 0 Å². The second-order valence-corrected chi connectivity index (χ2v) is 19.4. The van der Waals surface area contributed by atoms with Crippen LogP contribution in [0.4, 0.5) is 0 Å². The molecule has 6 N–H and O–H groups in total. The molecule has 8 rings (SSSR count). The van der Waals surface area contributed by atoms with Crippen LogP contribution in [0.1, 0.15) is 79.6 Å². The summed E-state index contributed by atoms with van der Waals surface area (Å²) in [6.07, 6.45) is -9.47. The number of carbonyl (C=O) groups is 1. The minimum atomic E-state index is -5.06. The Hall–Kier alpha value is -1.16. The van der Waals surface area contributed by atoms with Gasteiger partial charge in [0.2, 0.25) is 0 Å². The Morgan fingerprint density at radius 1 is 0.873 bits per heavy atom. The van der Waals surface area contributed by atoms with E-state index in [1.807, 2.05) is 0 Å². The van der Waals surface area contributed by atoms with Gasteiger partial charge in [-0.05, 0) is 74.2 Å². The molecule has 3 saturated carbocycles. The largest absolute Gasteiger partial charge is 0.397 e. The number of fused-ring (bicyclic) bond motifs is 7. The molecule has 21 atom stereocenters. The van der Waals surface area contributed by atoms with Gasteiger partial charge in [0, 0.05) is 30.1 Å². The maximum Gasteiger partial charge on any atom is 0.397 e. The van der Waals surface area contributed by atoms with Crippen LogP contribution in [0.5, 0.6) is 0 Å². The van der Waals surface area contributed by atoms with Crippen molar-refractivity contribution in [1.82, 2.24) is 0 Å². The topological polar surface area (TPSA) is 237 Å². The summed E-state index contributed by atoms with van der Waals surface area (Å²) in [4.78, 5) is 14.3. The number of allylic oxidation sites excluding steroid dienone is 1. The molecular weight excluding hydrogens is 744 g/mol. The number of rotatable bonds is 6. The molecule has 4 aliphatic carbocycles. The quantitative estimate of drug-likeness (QED) is 0.206. The van der Waals surface area contributed by atoms with E-state index in [9.17, 15) is 43.3 Å². The van der Waals surface area contributed by atoms with E-state index in [1.54, 1.807) is 6.08 Å². The summed E-state index contributed by atoms with van der Waals surface area (Å²) >= 11 is 0. The molecule has 0 bridgehead atoms. The molecule has 17 heteroatoms. The lowest BCUT2D eigenvalue weighted by molar-refractivity contribution is -0.361. The summed E-state index contributed by atoms with van der Waals surface area (Å²) in [6, 6.07) is 0. The predicted octanol–water partition coefficient (Wildman–Crippen LogP) is 1.01. The normalized spacial score (nSPS) is 55.3. The molecule has 55 heavy (non-hydrogen) atoms. The van der Waals surface area contributed by atoms with E-state index in [0.717, 1.165) is 31.3 Å². The van der Waals surface area contributed by atoms with E-state index in [-0.39, 0.29) is 59.7 Å². The maximum absolute atomic E-state index is 14.3. The molecule has 0 aromatic carbocycles. The molecule has 21 unspecified atom stereocenters. The van der Waals surface area contributed by atoms with Gasteiger partial charge in [0.05, 0.1) is 37.6 Å². The van der Waals surface area contributed by atoms with Gasteiger partial charge in [-0.1, -0.05) is 33.3 Å². The predicted molar refractivity (Wildman–Crippen MR) is 188 cm³/mol. The van der Waals surface area contributed by atoms with Gasteiger partial charge in [-0.2, -0.15) is 8.42 Å². The van der Waals surface area contributed by atoms with Crippen LogP contribution in [-0.4, -0.2) is 137 Å². The third-order valence-electron chi connectivity index (χ3n) is 15.3. The van der Waals surface area contributed by atoms with Crippen molar-refractivity contribution in [2.45, 2.75) is 159 Å². The van der Waals surface area contributed by atoms with Gasteiger partial charge in [-0.25, -0.2) is 4.18 Å². The third-order valence-corrected chi connectivity index (χ3v) is 15.8. The van der Waals surface area contributed by atoms with Gasteiger partial charge in [0.15, 0.2) is 24.2 Å². The molecule has 4 saturated heterocycles. The van der Waals surface area contributed by atoms with Crippen molar-refractivity contribution in [2.24, 2.45) is 46.3 Å². The van der Waals surface area contributed by atoms with Crippen LogP contribution < -0.4 is 0 Å². The standard InChI is InChI=1S/C38H58O16S/c1-16-6-9-38(49-14-16)17(2)28-24(53-38)13-22-27-21(7-8-36(22,28)4)37(5)19(11-23(27)40)10-20(39)12-26(37)51-35-33(30(42)25(15-48-35)54-55(45,46)47)52-34-32(44)31(43)29(41)18(3)50-34/h11,16-18,20-22,24-35,39,41-44H,6-10,12-15H2,1-5H3,(H,45,46,47). The van der Waals surface area contributed by atoms with Gasteiger partial charge < -0.3 is 54.0 Å². The van der Waals surface area contributed by atoms with E-state index >= 15 is 0 Å². The first-order chi connectivity index (χ1) is 25.8. The van der Waals surface area contributed by atoms with Crippen LogP contribution in [0.15, 0.2) is 11.6 Å². The van der Waals surface area contributed by atoms with Crippen LogP contribution in [0.2, 0.25) is 0 Å². The van der Waals surface area contributed by atoms with Gasteiger partial charge in [0.25, 0.3) is 0 Å². The van der Waals surface area contributed by atoms with Crippen LogP contribution in [0.3, 0.4) is 0 Å². The maximum atomic E-state index is 14.3. The number of aliphatic hydroxyl groups excluding tert-OH is 5. The van der Waals surface area contributed by atoms with Crippen molar-refractivity contribution in [3.05, 3.63) is 11.6 Å². The lowest BCUT2D eigenvalue weighted by Crippen LogP contribution is -2.64. The van der Waals surface area contributed by atoms with Crippen molar-refractivity contribution >= 4 is 16.2 Å². The van der Waals surface area contributed by atoms with Crippen molar-refractivity contribution in [3.8, 4) is 0 Å². The average molecular weight is 803 g/mol. The molecular formula is C38H58O16S. The summed E-state index contributed by atoms with van der Waals surface area (Å²) in [5.41, 5.74) is -0.184. The lowest BCUT2D eigenvalue weighted by Gasteiger charge is -2.60. The van der Waals surface area contributed by atoms with Gasteiger partial charge in [-0.15, -0.1) is 0 Å². The van der Waals surface area contributed by atoms with Gasteiger partial charge in [0.1, 0.15) is 36.6 Å². The lowest BCUT2D eigenvalue weighted by atomic mass is 9.46. The first kappa shape index (κ1) is 40.6. The van der Waals surface area contributed by atoms with Crippen LogP contribution in [0, 0.1) is 46.3 Å². The molecule has 16 nitrogen and oxygen atoms in total. The Morgan fingerprint density at radius 2 is 1.62 bits per heavy atom. The molecule has 0 amide bonds. The first-order valence-electron chi connectivity index (χ1n) is 20.0. The highest BCUT2D eigenvalue weighted by atomic mass is 32.3. The molecule has 0 radical (unpaired) electrons. The van der Waals surface area contributed by atoms with E-state index in [4.69, 9.17) is 28.4 Å². The number of ether oxygens (including phenoxy) is 6. The van der Waals surface area contributed by atoms with E-state index < -0.39 is 95.7 Å². The number of aliphatic hydroxyl groups is 5.